The lowest BCUT2D eigenvalue weighted by Crippen LogP contribution is -2.43. The van der Waals surface area contributed by atoms with Gasteiger partial charge in [0.15, 0.2) is 0 Å². The van der Waals surface area contributed by atoms with E-state index in [2.05, 4.69) is 6.58 Å². The monoisotopic (exact) mass is 188 g/mol. The average Bonchev–Trinajstić information content (AvgIpc) is 2.10. The van der Waals surface area contributed by atoms with Crippen LogP contribution >= 0.6 is 11.6 Å². The van der Waals surface area contributed by atoms with Crippen molar-refractivity contribution in [2.24, 2.45) is 0 Å². The van der Waals surface area contributed by atoms with E-state index in [-0.39, 0.29) is 11.0 Å². The molecule has 0 heterocycles. The predicted octanol–water partition coefficient (Wildman–Crippen LogP) is 3.13. The van der Waals surface area contributed by atoms with Gasteiger partial charge in [0, 0.05) is 7.11 Å². The molecule has 1 fully saturated rings. The van der Waals surface area contributed by atoms with Crippen molar-refractivity contribution in [3.8, 4) is 0 Å². The van der Waals surface area contributed by atoms with Crippen LogP contribution in [0.5, 0.6) is 0 Å². The van der Waals surface area contributed by atoms with Crippen LogP contribution in [0.3, 0.4) is 0 Å². The first-order valence-electron chi connectivity index (χ1n) is 4.55. The SMILES string of the molecule is C=CC[C@]1(OC)CCCC[C@H]1Cl. The van der Waals surface area contributed by atoms with Crippen LogP contribution < -0.4 is 0 Å². The van der Waals surface area contributed by atoms with Crippen molar-refractivity contribution < 1.29 is 4.74 Å². The van der Waals surface area contributed by atoms with E-state index in [1.165, 1.54) is 12.8 Å². The molecule has 0 unspecified atom stereocenters. The van der Waals surface area contributed by atoms with Gasteiger partial charge in [0.25, 0.3) is 0 Å². The fourth-order valence-corrected chi connectivity index (χ4v) is 2.40. The van der Waals surface area contributed by atoms with E-state index in [1.54, 1.807) is 7.11 Å². The van der Waals surface area contributed by atoms with Crippen molar-refractivity contribution in [2.45, 2.75) is 43.1 Å². The topological polar surface area (TPSA) is 9.23 Å². The van der Waals surface area contributed by atoms with E-state index in [4.69, 9.17) is 16.3 Å². The van der Waals surface area contributed by atoms with Gasteiger partial charge in [0.2, 0.25) is 0 Å². The molecule has 0 aromatic carbocycles. The summed E-state index contributed by atoms with van der Waals surface area (Å²) in [5, 5.41) is 0.161. The lowest BCUT2D eigenvalue weighted by Gasteiger charge is -2.39. The van der Waals surface area contributed by atoms with Crippen LogP contribution in [0.15, 0.2) is 12.7 Å². The maximum atomic E-state index is 6.25. The van der Waals surface area contributed by atoms with E-state index in [1.807, 2.05) is 6.08 Å². The number of ether oxygens (including phenoxy) is 1. The van der Waals surface area contributed by atoms with Crippen molar-refractivity contribution in [3.05, 3.63) is 12.7 Å². The Morgan fingerprint density at radius 1 is 1.67 bits per heavy atom. The second-order valence-corrected chi connectivity index (χ2v) is 4.00. The van der Waals surface area contributed by atoms with Crippen molar-refractivity contribution in [1.29, 1.82) is 0 Å². The Morgan fingerprint density at radius 2 is 2.42 bits per heavy atom. The van der Waals surface area contributed by atoms with Crippen LogP contribution in [0.1, 0.15) is 32.1 Å². The second kappa shape index (κ2) is 4.29. The Labute approximate surface area is 79.7 Å². The quantitative estimate of drug-likeness (QED) is 0.489. The first-order valence-corrected chi connectivity index (χ1v) is 4.99. The average molecular weight is 189 g/mol. The highest BCUT2D eigenvalue weighted by Gasteiger charge is 2.38. The Bertz CT molecular complexity index is 158. The smallest absolute Gasteiger partial charge is 0.0875 e. The minimum atomic E-state index is -0.123. The third-order valence-corrected chi connectivity index (χ3v) is 3.39. The molecule has 1 nitrogen and oxygen atoms in total. The Hall–Kier alpha value is -0.0100. The molecule has 0 saturated heterocycles. The van der Waals surface area contributed by atoms with Crippen LogP contribution in [-0.4, -0.2) is 18.1 Å². The molecule has 0 aliphatic heterocycles. The molecule has 1 saturated carbocycles. The maximum absolute atomic E-state index is 6.25. The summed E-state index contributed by atoms with van der Waals surface area (Å²) in [5.74, 6) is 0. The van der Waals surface area contributed by atoms with Gasteiger partial charge in [-0.05, 0) is 19.3 Å². The highest BCUT2D eigenvalue weighted by atomic mass is 35.5. The van der Waals surface area contributed by atoms with Gasteiger partial charge in [-0.25, -0.2) is 0 Å². The molecule has 0 aromatic rings. The maximum Gasteiger partial charge on any atom is 0.0875 e. The van der Waals surface area contributed by atoms with Gasteiger partial charge >= 0.3 is 0 Å². The number of methoxy groups -OCH3 is 1. The Balaban J connectivity index is 2.65. The van der Waals surface area contributed by atoms with Gasteiger partial charge in [-0.2, -0.15) is 0 Å². The summed E-state index contributed by atoms with van der Waals surface area (Å²) in [6, 6.07) is 0. The third-order valence-electron chi connectivity index (χ3n) is 2.77. The lowest BCUT2D eigenvalue weighted by molar-refractivity contribution is -0.0327. The molecule has 0 bridgehead atoms. The molecular formula is C10H17ClO. The van der Waals surface area contributed by atoms with Crippen LogP contribution in [-0.2, 0) is 4.74 Å². The minimum Gasteiger partial charge on any atom is -0.376 e. The summed E-state index contributed by atoms with van der Waals surface area (Å²) < 4.78 is 5.53. The normalized spacial score (nSPS) is 36.3. The van der Waals surface area contributed by atoms with E-state index in [0.717, 1.165) is 19.3 Å². The lowest BCUT2D eigenvalue weighted by atomic mass is 9.82. The number of rotatable bonds is 3. The van der Waals surface area contributed by atoms with Crippen LogP contribution in [0.2, 0.25) is 0 Å². The minimum absolute atomic E-state index is 0.123. The highest BCUT2D eigenvalue weighted by Crippen LogP contribution is 2.37. The largest absolute Gasteiger partial charge is 0.376 e. The summed E-state index contributed by atoms with van der Waals surface area (Å²) >= 11 is 6.25. The molecule has 2 atom stereocenters. The first kappa shape index (κ1) is 10.1. The Morgan fingerprint density at radius 3 is 2.92 bits per heavy atom. The van der Waals surface area contributed by atoms with E-state index < -0.39 is 0 Å². The van der Waals surface area contributed by atoms with Gasteiger partial charge in [0.1, 0.15) is 0 Å². The molecule has 1 aliphatic rings. The van der Waals surface area contributed by atoms with Gasteiger partial charge in [-0.3, -0.25) is 0 Å². The first-order chi connectivity index (χ1) is 5.75. The molecule has 0 N–H and O–H groups in total. The summed E-state index contributed by atoms with van der Waals surface area (Å²) in [6.45, 7) is 3.74. The highest BCUT2D eigenvalue weighted by molar-refractivity contribution is 6.21. The van der Waals surface area contributed by atoms with E-state index >= 15 is 0 Å². The Kier molecular flexibility index (Phi) is 3.60. The number of hydrogen-bond donors (Lipinski definition) is 0. The summed E-state index contributed by atoms with van der Waals surface area (Å²) in [6.07, 6.45) is 7.39. The van der Waals surface area contributed by atoms with Gasteiger partial charge < -0.3 is 4.74 Å². The molecule has 12 heavy (non-hydrogen) atoms. The third kappa shape index (κ3) is 1.83. The van der Waals surface area contributed by atoms with E-state index in [0.29, 0.717) is 0 Å². The van der Waals surface area contributed by atoms with Crippen LogP contribution in [0.4, 0.5) is 0 Å². The summed E-state index contributed by atoms with van der Waals surface area (Å²) in [7, 11) is 1.75. The van der Waals surface area contributed by atoms with Gasteiger partial charge in [-0.1, -0.05) is 18.9 Å². The fraction of sp³-hybridized carbons (Fsp3) is 0.800. The number of halogens is 1. The molecule has 0 radical (unpaired) electrons. The van der Waals surface area contributed by atoms with Crippen molar-refractivity contribution in [1.82, 2.24) is 0 Å². The van der Waals surface area contributed by atoms with Crippen molar-refractivity contribution >= 4 is 11.6 Å². The number of hydrogen-bond acceptors (Lipinski definition) is 1. The molecule has 0 aromatic heterocycles. The van der Waals surface area contributed by atoms with Crippen LogP contribution in [0, 0.1) is 0 Å². The zero-order valence-corrected chi connectivity index (χ0v) is 8.44. The standard InChI is InChI=1S/C10H17ClO/c1-3-7-10(12-2)8-5-4-6-9(10)11/h3,9H,1,4-8H2,2H3/t9-,10+/m1/s1. The second-order valence-electron chi connectivity index (χ2n) is 3.48. The fourth-order valence-electron chi connectivity index (χ4n) is 1.95. The van der Waals surface area contributed by atoms with Gasteiger partial charge in [-0.15, -0.1) is 18.2 Å². The van der Waals surface area contributed by atoms with E-state index in [9.17, 15) is 0 Å². The number of alkyl halides is 1. The molecule has 0 amide bonds. The summed E-state index contributed by atoms with van der Waals surface area (Å²) in [4.78, 5) is 0. The molecule has 70 valence electrons. The molecule has 1 aliphatic carbocycles. The molecule has 1 rings (SSSR count). The van der Waals surface area contributed by atoms with Crippen molar-refractivity contribution in [2.75, 3.05) is 7.11 Å². The molecular weight excluding hydrogens is 172 g/mol. The molecule has 2 heteroatoms. The zero-order chi connectivity index (χ0) is 9.03. The summed E-state index contributed by atoms with van der Waals surface area (Å²) in [5.41, 5.74) is -0.123. The molecule has 0 spiro atoms. The predicted molar refractivity (Wildman–Crippen MR) is 52.7 cm³/mol. The van der Waals surface area contributed by atoms with Crippen molar-refractivity contribution in [3.63, 3.8) is 0 Å². The van der Waals surface area contributed by atoms with Crippen LogP contribution in [0.25, 0.3) is 0 Å². The zero-order valence-electron chi connectivity index (χ0n) is 7.68. The van der Waals surface area contributed by atoms with Gasteiger partial charge in [0.05, 0.1) is 11.0 Å².